The van der Waals surface area contributed by atoms with Crippen molar-refractivity contribution in [3.8, 4) is 0 Å². The van der Waals surface area contributed by atoms with Gasteiger partial charge in [-0.2, -0.15) is 0 Å². The molecule has 0 N–H and O–H groups in total. The molecule has 0 fully saturated rings. The normalized spacial score (nSPS) is 8.41. The number of nitrogens with zero attached hydrogens (tertiary/aromatic N) is 1. The second-order valence-corrected chi connectivity index (χ2v) is 4.25. The molecule has 1 aromatic carbocycles. The van der Waals surface area contributed by atoms with Crippen molar-refractivity contribution in [2.45, 2.75) is 53.4 Å². The van der Waals surface area contributed by atoms with E-state index >= 15 is 0 Å². The fraction of sp³-hybridized carbons (Fsp3) is 0.533. The summed E-state index contributed by atoms with van der Waals surface area (Å²) in [6.45, 7) is 18.0. The van der Waals surface area contributed by atoms with E-state index in [0.29, 0.717) is 0 Å². The second-order valence-electron chi connectivity index (χ2n) is 2.95. The van der Waals surface area contributed by atoms with Crippen molar-refractivity contribution in [2.24, 2.45) is 4.99 Å². The van der Waals surface area contributed by atoms with Gasteiger partial charge in [-0.25, -0.2) is 0 Å². The van der Waals surface area contributed by atoms with E-state index in [1.165, 1.54) is 16.0 Å². The molecular formula is C15H27NS. The first kappa shape index (κ1) is 18.6. The Morgan fingerprint density at radius 1 is 1.12 bits per heavy atom. The van der Waals surface area contributed by atoms with Crippen molar-refractivity contribution in [1.29, 1.82) is 0 Å². The van der Waals surface area contributed by atoms with Crippen molar-refractivity contribution in [3.63, 3.8) is 0 Å². The minimum atomic E-state index is 1.05. The van der Waals surface area contributed by atoms with Gasteiger partial charge in [0.15, 0.2) is 0 Å². The third-order valence-electron chi connectivity index (χ3n) is 2.12. The molecule has 0 aliphatic heterocycles. The van der Waals surface area contributed by atoms with Crippen LogP contribution in [0, 0.1) is 13.8 Å². The van der Waals surface area contributed by atoms with E-state index in [-0.39, 0.29) is 0 Å². The largest absolute Gasteiger partial charge is 0.263 e. The first-order chi connectivity index (χ1) is 8.20. The molecule has 0 amide bonds. The smallest absolute Gasteiger partial charge is 0.0789 e. The van der Waals surface area contributed by atoms with Crippen molar-refractivity contribution >= 4 is 24.2 Å². The first-order valence-corrected chi connectivity index (χ1v) is 7.39. The fourth-order valence-electron chi connectivity index (χ4n) is 1.24. The highest BCUT2D eigenvalue weighted by atomic mass is 32.2. The van der Waals surface area contributed by atoms with E-state index in [1.54, 1.807) is 0 Å². The number of hydrogen-bond donors (Lipinski definition) is 0. The van der Waals surface area contributed by atoms with Crippen LogP contribution in [0.15, 0.2) is 22.0 Å². The number of rotatable bonds is 3. The molecule has 0 spiro atoms. The van der Waals surface area contributed by atoms with Crippen LogP contribution in [-0.4, -0.2) is 12.5 Å². The Hall–Kier alpha value is -0.760. The summed E-state index contributed by atoms with van der Waals surface area (Å²) in [6.07, 6.45) is 0. The summed E-state index contributed by atoms with van der Waals surface area (Å²) in [4.78, 5) is 5.32. The molecule has 0 aromatic heterocycles. The maximum Gasteiger partial charge on any atom is 0.0789 e. The van der Waals surface area contributed by atoms with E-state index in [4.69, 9.17) is 0 Å². The predicted octanol–water partition coefficient (Wildman–Crippen LogP) is 5.80. The van der Waals surface area contributed by atoms with Crippen LogP contribution in [-0.2, 0) is 0 Å². The zero-order valence-corrected chi connectivity index (χ0v) is 13.2. The van der Waals surface area contributed by atoms with Crippen LogP contribution in [0.2, 0.25) is 0 Å². The van der Waals surface area contributed by atoms with Gasteiger partial charge in [-0.1, -0.05) is 40.7 Å². The minimum absolute atomic E-state index is 1.05. The van der Waals surface area contributed by atoms with Gasteiger partial charge in [0.1, 0.15) is 0 Å². The van der Waals surface area contributed by atoms with E-state index < -0.39 is 0 Å². The third-order valence-corrected chi connectivity index (χ3v) is 3.05. The Balaban J connectivity index is 0. The lowest BCUT2D eigenvalue weighted by Crippen LogP contribution is -1.84. The summed E-state index contributed by atoms with van der Waals surface area (Å²) < 4.78 is 0. The fourth-order valence-corrected chi connectivity index (χ4v) is 2.07. The summed E-state index contributed by atoms with van der Waals surface area (Å²) >= 11 is 1.82. The molecule has 1 nitrogen and oxygen atoms in total. The monoisotopic (exact) mass is 253 g/mol. The molecule has 2 heteroatoms. The van der Waals surface area contributed by atoms with Gasteiger partial charge in [0.25, 0.3) is 0 Å². The van der Waals surface area contributed by atoms with Crippen molar-refractivity contribution in [3.05, 3.63) is 23.3 Å². The van der Waals surface area contributed by atoms with Gasteiger partial charge in [-0.15, -0.1) is 11.8 Å². The molecule has 1 rings (SSSR count). The number of benzene rings is 1. The van der Waals surface area contributed by atoms with E-state index in [2.05, 4.69) is 44.6 Å². The minimum Gasteiger partial charge on any atom is -0.263 e. The molecule has 98 valence electrons. The lowest BCUT2D eigenvalue weighted by Gasteiger charge is -2.08. The van der Waals surface area contributed by atoms with Crippen LogP contribution in [0.25, 0.3) is 0 Å². The predicted molar refractivity (Wildman–Crippen MR) is 84.2 cm³/mol. The topological polar surface area (TPSA) is 12.4 Å². The van der Waals surface area contributed by atoms with Crippen molar-refractivity contribution in [1.82, 2.24) is 0 Å². The molecule has 0 heterocycles. The van der Waals surface area contributed by atoms with Gasteiger partial charge in [-0.3, -0.25) is 4.99 Å². The van der Waals surface area contributed by atoms with Gasteiger partial charge in [0.2, 0.25) is 0 Å². The van der Waals surface area contributed by atoms with Crippen molar-refractivity contribution < 1.29 is 0 Å². The van der Waals surface area contributed by atoms with Crippen LogP contribution in [0.3, 0.4) is 0 Å². The Bertz CT molecular complexity index is 319. The number of aliphatic imine (C=N–C) groups is 1. The zero-order chi connectivity index (χ0) is 13.8. The Labute approximate surface area is 112 Å². The Morgan fingerprint density at radius 3 is 2.06 bits per heavy atom. The number of aryl methyl sites for hydroxylation is 1. The first-order valence-electron chi connectivity index (χ1n) is 6.40. The Morgan fingerprint density at radius 2 is 1.65 bits per heavy atom. The number of hydrogen-bond acceptors (Lipinski definition) is 2. The maximum atomic E-state index is 4.08. The molecule has 0 aliphatic rings. The average Bonchev–Trinajstić information content (AvgIpc) is 2.39. The summed E-state index contributed by atoms with van der Waals surface area (Å²) in [7, 11) is 0. The third kappa shape index (κ3) is 5.92. The van der Waals surface area contributed by atoms with Crippen LogP contribution in [0.4, 0.5) is 5.69 Å². The second kappa shape index (κ2) is 11.7. The molecular weight excluding hydrogens is 226 g/mol. The van der Waals surface area contributed by atoms with Gasteiger partial charge in [0.05, 0.1) is 5.69 Å². The quantitative estimate of drug-likeness (QED) is 0.490. The maximum absolute atomic E-state index is 4.08. The van der Waals surface area contributed by atoms with E-state index in [1.807, 2.05) is 39.5 Å². The van der Waals surface area contributed by atoms with Gasteiger partial charge in [0, 0.05) is 4.90 Å². The Kier molecular flexibility index (Phi) is 12.8. The van der Waals surface area contributed by atoms with E-state index in [0.717, 1.165) is 11.4 Å². The highest BCUT2D eigenvalue weighted by Crippen LogP contribution is 2.33. The number of thioether (sulfide) groups is 1. The summed E-state index contributed by atoms with van der Waals surface area (Å²) in [5.74, 6) is 1.07. The highest BCUT2D eigenvalue weighted by Gasteiger charge is 2.05. The van der Waals surface area contributed by atoms with Crippen molar-refractivity contribution in [2.75, 3.05) is 5.75 Å². The molecule has 0 unspecified atom stereocenters. The molecule has 0 radical (unpaired) electrons. The summed E-state index contributed by atoms with van der Waals surface area (Å²) in [5, 5.41) is 0. The molecule has 0 saturated heterocycles. The van der Waals surface area contributed by atoms with Crippen LogP contribution in [0.1, 0.15) is 45.7 Å². The van der Waals surface area contributed by atoms with Crippen LogP contribution < -0.4 is 0 Å². The molecule has 1 aromatic rings. The van der Waals surface area contributed by atoms with Gasteiger partial charge >= 0.3 is 0 Å². The molecule has 0 aliphatic carbocycles. The van der Waals surface area contributed by atoms with E-state index in [9.17, 15) is 0 Å². The lowest BCUT2D eigenvalue weighted by atomic mass is 10.1. The SMILES string of the molecule is C=Nc1c(SCC)ccc(C)c1C.CC.CC. The van der Waals surface area contributed by atoms with Gasteiger partial charge < -0.3 is 0 Å². The van der Waals surface area contributed by atoms with Crippen LogP contribution >= 0.6 is 11.8 Å². The molecule has 0 saturated carbocycles. The standard InChI is InChI=1S/C11H15NS.2C2H6/c1-5-13-10-7-6-8(2)9(3)11(10)12-4;2*1-2/h6-7H,4-5H2,1-3H3;2*1-2H3. The lowest BCUT2D eigenvalue weighted by molar-refractivity contribution is 1.25. The average molecular weight is 253 g/mol. The highest BCUT2D eigenvalue weighted by molar-refractivity contribution is 7.99. The van der Waals surface area contributed by atoms with Crippen LogP contribution in [0.5, 0.6) is 0 Å². The molecule has 17 heavy (non-hydrogen) atoms. The van der Waals surface area contributed by atoms with Gasteiger partial charge in [-0.05, 0) is 43.5 Å². The molecule has 0 bridgehead atoms. The summed E-state index contributed by atoms with van der Waals surface area (Å²) in [6, 6.07) is 4.27. The molecule has 0 atom stereocenters. The summed E-state index contributed by atoms with van der Waals surface area (Å²) in [5.41, 5.74) is 3.57. The zero-order valence-electron chi connectivity index (χ0n) is 12.4.